The van der Waals surface area contributed by atoms with Gasteiger partial charge in [-0.2, -0.15) is 0 Å². The maximum absolute atomic E-state index is 6.27. The van der Waals surface area contributed by atoms with Crippen molar-refractivity contribution in [3.63, 3.8) is 0 Å². The molecule has 0 atom stereocenters. The van der Waals surface area contributed by atoms with Crippen LogP contribution in [0.5, 0.6) is 11.5 Å². The minimum absolute atomic E-state index is 0.325. The van der Waals surface area contributed by atoms with E-state index in [-0.39, 0.29) is 0 Å². The van der Waals surface area contributed by atoms with Gasteiger partial charge >= 0.3 is 0 Å². The highest BCUT2D eigenvalue weighted by atomic mass is 16.5. The fourth-order valence-corrected chi connectivity index (χ4v) is 3.03. The summed E-state index contributed by atoms with van der Waals surface area (Å²) in [6.45, 7) is 2.91. The normalized spacial score (nSPS) is 22.6. The molecule has 1 saturated carbocycles. The Bertz CT molecular complexity index is 411. The van der Waals surface area contributed by atoms with Gasteiger partial charge in [0.05, 0.1) is 13.2 Å². The first-order chi connectivity index (χ1) is 9.78. The lowest BCUT2D eigenvalue weighted by atomic mass is 9.86. The largest absolute Gasteiger partial charge is 0.493 e. The Labute approximate surface area is 122 Å². The predicted molar refractivity (Wildman–Crippen MR) is 82.4 cm³/mol. The van der Waals surface area contributed by atoms with Gasteiger partial charge in [0.2, 0.25) is 0 Å². The number of hydrogen-bond acceptors (Lipinski definition) is 3. The van der Waals surface area contributed by atoms with E-state index < -0.39 is 0 Å². The minimum atomic E-state index is 0.325. The highest BCUT2D eigenvalue weighted by Crippen LogP contribution is 2.36. The molecule has 0 bridgehead atoms. The van der Waals surface area contributed by atoms with E-state index in [1.165, 1.54) is 19.3 Å². The van der Waals surface area contributed by atoms with Gasteiger partial charge in [-0.3, -0.25) is 0 Å². The fourth-order valence-electron chi connectivity index (χ4n) is 3.03. The van der Waals surface area contributed by atoms with Crippen LogP contribution in [0.4, 0.5) is 0 Å². The summed E-state index contributed by atoms with van der Waals surface area (Å²) in [5.41, 5.74) is 6.85. The highest BCUT2D eigenvalue weighted by molar-refractivity contribution is 5.47. The van der Waals surface area contributed by atoms with Crippen LogP contribution in [-0.4, -0.2) is 19.8 Å². The van der Waals surface area contributed by atoms with Gasteiger partial charge < -0.3 is 15.2 Å². The molecule has 0 heterocycles. The topological polar surface area (TPSA) is 44.5 Å². The Morgan fingerprint density at radius 3 is 2.55 bits per heavy atom. The standard InChI is InChI=1S/C17H27NO2/c1-3-13-7-9-15(10-8-13)20-17-14(11-12-18)5-4-6-16(17)19-2/h4-6,13,15H,3,7-12,18H2,1-2H3. The molecule has 0 saturated heterocycles. The molecular formula is C17H27NO2. The second-order valence-electron chi connectivity index (χ2n) is 5.66. The van der Waals surface area contributed by atoms with Crippen LogP contribution >= 0.6 is 0 Å². The SMILES string of the molecule is CCC1CCC(Oc2c(CCN)cccc2OC)CC1. The molecule has 0 radical (unpaired) electrons. The lowest BCUT2D eigenvalue weighted by molar-refractivity contribution is 0.125. The van der Waals surface area contributed by atoms with Crippen molar-refractivity contribution in [1.82, 2.24) is 0 Å². The third-order valence-corrected chi connectivity index (χ3v) is 4.35. The molecule has 20 heavy (non-hydrogen) atoms. The van der Waals surface area contributed by atoms with Crippen LogP contribution < -0.4 is 15.2 Å². The lowest BCUT2D eigenvalue weighted by Gasteiger charge is -2.29. The fraction of sp³-hybridized carbons (Fsp3) is 0.647. The molecule has 1 aromatic rings. The maximum Gasteiger partial charge on any atom is 0.164 e. The minimum Gasteiger partial charge on any atom is -0.493 e. The summed E-state index contributed by atoms with van der Waals surface area (Å²) in [5.74, 6) is 2.62. The van der Waals surface area contributed by atoms with Gasteiger partial charge in [0.1, 0.15) is 0 Å². The van der Waals surface area contributed by atoms with E-state index in [1.54, 1.807) is 7.11 Å². The molecular weight excluding hydrogens is 250 g/mol. The Morgan fingerprint density at radius 2 is 1.95 bits per heavy atom. The van der Waals surface area contributed by atoms with E-state index >= 15 is 0 Å². The molecule has 1 aliphatic carbocycles. The van der Waals surface area contributed by atoms with E-state index in [4.69, 9.17) is 15.2 Å². The van der Waals surface area contributed by atoms with Gasteiger partial charge in [0.15, 0.2) is 11.5 Å². The van der Waals surface area contributed by atoms with Crippen molar-refractivity contribution >= 4 is 0 Å². The maximum atomic E-state index is 6.27. The van der Waals surface area contributed by atoms with E-state index in [0.717, 1.165) is 42.2 Å². The zero-order valence-electron chi connectivity index (χ0n) is 12.7. The summed E-state index contributed by atoms with van der Waals surface area (Å²) >= 11 is 0. The van der Waals surface area contributed by atoms with E-state index in [1.807, 2.05) is 12.1 Å². The molecule has 0 spiro atoms. The quantitative estimate of drug-likeness (QED) is 0.865. The molecule has 2 rings (SSSR count). The van der Waals surface area contributed by atoms with E-state index in [2.05, 4.69) is 13.0 Å². The molecule has 1 aromatic carbocycles. The predicted octanol–water partition coefficient (Wildman–Crippen LogP) is 3.54. The molecule has 2 N–H and O–H groups in total. The summed E-state index contributed by atoms with van der Waals surface area (Å²) < 4.78 is 11.7. The summed E-state index contributed by atoms with van der Waals surface area (Å²) in [4.78, 5) is 0. The van der Waals surface area contributed by atoms with Gasteiger partial charge in [-0.05, 0) is 56.2 Å². The number of nitrogens with two attached hydrogens (primary N) is 1. The van der Waals surface area contributed by atoms with Crippen molar-refractivity contribution in [3.8, 4) is 11.5 Å². The summed E-state index contributed by atoms with van der Waals surface area (Å²) in [6, 6.07) is 6.06. The van der Waals surface area contributed by atoms with Crippen molar-refractivity contribution in [2.24, 2.45) is 11.7 Å². The summed E-state index contributed by atoms with van der Waals surface area (Å²) in [5, 5.41) is 0. The van der Waals surface area contributed by atoms with E-state index in [0.29, 0.717) is 12.6 Å². The molecule has 0 unspecified atom stereocenters. The van der Waals surface area contributed by atoms with Crippen LogP contribution in [0.25, 0.3) is 0 Å². The molecule has 0 aromatic heterocycles. The number of rotatable bonds is 6. The van der Waals surface area contributed by atoms with Crippen molar-refractivity contribution in [3.05, 3.63) is 23.8 Å². The Balaban J connectivity index is 2.07. The van der Waals surface area contributed by atoms with Gasteiger partial charge in [-0.15, -0.1) is 0 Å². The monoisotopic (exact) mass is 277 g/mol. The zero-order chi connectivity index (χ0) is 14.4. The summed E-state index contributed by atoms with van der Waals surface area (Å²) in [6.07, 6.45) is 7.31. The van der Waals surface area contributed by atoms with Gasteiger partial charge in [0.25, 0.3) is 0 Å². The molecule has 1 aliphatic rings. The van der Waals surface area contributed by atoms with Crippen molar-refractivity contribution in [2.45, 2.75) is 51.6 Å². The van der Waals surface area contributed by atoms with Crippen molar-refractivity contribution < 1.29 is 9.47 Å². The molecule has 0 aliphatic heterocycles. The second kappa shape index (κ2) is 7.53. The molecule has 112 valence electrons. The number of methoxy groups -OCH3 is 1. The lowest BCUT2D eigenvalue weighted by Crippen LogP contribution is -2.24. The van der Waals surface area contributed by atoms with Crippen LogP contribution in [0.2, 0.25) is 0 Å². The highest BCUT2D eigenvalue weighted by Gasteiger charge is 2.23. The van der Waals surface area contributed by atoms with Crippen molar-refractivity contribution in [1.29, 1.82) is 0 Å². The average molecular weight is 277 g/mol. The van der Waals surface area contributed by atoms with Gasteiger partial charge in [0, 0.05) is 0 Å². The molecule has 3 heteroatoms. The first-order valence-corrected chi connectivity index (χ1v) is 7.81. The average Bonchev–Trinajstić information content (AvgIpc) is 2.50. The van der Waals surface area contributed by atoms with Crippen molar-refractivity contribution in [2.75, 3.05) is 13.7 Å². The van der Waals surface area contributed by atoms with Crippen LogP contribution in [0.15, 0.2) is 18.2 Å². The molecule has 0 amide bonds. The molecule has 1 fully saturated rings. The Morgan fingerprint density at radius 1 is 1.20 bits per heavy atom. The van der Waals surface area contributed by atoms with Crippen LogP contribution in [-0.2, 0) is 6.42 Å². The van der Waals surface area contributed by atoms with Crippen LogP contribution in [0.1, 0.15) is 44.6 Å². The van der Waals surface area contributed by atoms with E-state index in [9.17, 15) is 0 Å². The molecule has 3 nitrogen and oxygen atoms in total. The third kappa shape index (κ3) is 3.66. The van der Waals surface area contributed by atoms with Crippen LogP contribution in [0.3, 0.4) is 0 Å². The number of hydrogen-bond donors (Lipinski definition) is 1. The first kappa shape index (κ1) is 15.2. The number of benzene rings is 1. The first-order valence-electron chi connectivity index (χ1n) is 7.81. The Hall–Kier alpha value is -1.22. The Kier molecular flexibility index (Phi) is 5.72. The summed E-state index contributed by atoms with van der Waals surface area (Å²) in [7, 11) is 1.70. The number of ether oxygens (including phenoxy) is 2. The zero-order valence-corrected chi connectivity index (χ0v) is 12.7. The second-order valence-corrected chi connectivity index (χ2v) is 5.66. The van der Waals surface area contributed by atoms with Gasteiger partial charge in [-0.1, -0.05) is 25.5 Å². The number of para-hydroxylation sites is 1. The van der Waals surface area contributed by atoms with Crippen LogP contribution in [0, 0.1) is 5.92 Å². The smallest absolute Gasteiger partial charge is 0.164 e. The third-order valence-electron chi connectivity index (χ3n) is 4.35. The van der Waals surface area contributed by atoms with Gasteiger partial charge in [-0.25, -0.2) is 0 Å².